The lowest BCUT2D eigenvalue weighted by molar-refractivity contribution is 0.162. The van der Waals surface area contributed by atoms with E-state index in [0.29, 0.717) is 6.42 Å². The molecule has 1 atom stereocenters. The molecule has 0 aromatic heterocycles. The Morgan fingerprint density at radius 1 is 1.30 bits per heavy atom. The van der Waals surface area contributed by atoms with E-state index in [4.69, 9.17) is 5.11 Å². The number of unbranched alkanes of at least 4 members (excludes halogenated alkanes) is 2. The first-order valence-corrected chi connectivity index (χ1v) is 7.12. The molecule has 1 aromatic carbocycles. The van der Waals surface area contributed by atoms with Crippen LogP contribution in [0.25, 0.3) is 0 Å². The molecule has 112 valence electrons. The van der Waals surface area contributed by atoms with Gasteiger partial charge in [0.1, 0.15) is 0 Å². The second kappa shape index (κ2) is 9.20. The summed E-state index contributed by atoms with van der Waals surface area (Å²) in [5.74, 6) is 0. The molecule has 5 heteroatoms. The van der Waals surface area contributed by atoms with Crippen LogP contribution in [-0.2, 0) is 0 Å². The lowest BCUT2D eigenvalue weighted by atomic mass is 10.1. The van der Waals surface area contributed by atoms with Gasteiger partial charge in [0.05, 0.1) is 6.10 Å². The largest absolute Gasteiger partial charge is 0.465 e. The number of carbonyl (C=O) groups is 1. The number of hydrogen-bond acceptors (Lipinski definition) is 3. The molecule has 5 nitrogen and oxygen atoms in total. The molecule has 0 aliphatic heterocycles. The second-order valence-corrected chi connectivity index (χ2v) is 4.80. The molecule has 4 N–H and O–H groups in total. The van der Waals surface area contributed by atoms with Crippen molar-refractivity contribution in [3.63, 3.8) is 0 Å². The van der Waals surface area contributed by atoms with Crippen molar-refractivity contribution >= 4 is 11.8 Å². The first-order valence-electron chi connectivity index (χ1n) is 7.12. The third kappa shape index (κ3) is 6.43. The molecule has 1 rings (SSSR count). The van der Waals surface area contributed by atoms with Gasteiger partial charge in [0.15, 0.2) is 0 Å². The minimum Gasteiger partial charge on any atom is -0.465 e. The van der Waals surface area contributed by atoms with Crippen LogP contribution >= 0.6 is 0 Å². The Morgan fingerprint density at radius 3 is 2.80 bits per heavy atom. The Hall–Kier alpha value is -1.75. The number of rotatable bonds is 9. The highest BCUT2D eigenvalue weighted by atomic mass is 16.4. The Labute approximate surface area is 120 Å². The van der Waals surface area contributed by atoms with E-state index in [1.165, 1.54) is 12.8 Å². The van der Waals surface area contributed by atoms with Crippen LogP contribution in [0, 0.1) is 0 Å². The van der Waals surface area contributed by atoms with Crippen molar-refractivity contribution in [3.05, 3.63) is 29.8 Å². The summed E-state index contributed by atoms with van der Waals surface area (Å²) in [4.78, 5) is 10.3. The molecular weight excluding hydrogens is 256 g/mol. The number of benzene rings is 1. The number of carboxylic acid groups (broad SMARTS) is 1. The van der Waals surface area contributed by atoms with Crippen LogP contribution in [0.4, 0.5) is 10.5 Å². The van der Waals surface area contributed by atoms with E-state index in [1.54, 1.807) is 0 Å². The minimum absolute atomic E-state index is 0.241. The summed E-state index contributed by atoms with van der Waals surface area (Å²) in [6.45, 7) is 3.33. The van der Waals surface area contributed by atoms with Crippen molar-refractivity contribution < 1.29 is 15.0 Å². The highest BCUT2D eigenvalue weighted by molar-refractivity contribution is 5.64. The number of nitrogens with one attached hydrogen (secondary N) is 2. The molecule has 0 spiro atoms. The smallest absolute Gasteiger partial charge is 0.404 e. The molecule has 1 amide bonds. The van der Waals surface area contributed by atoms with Crippen molar-refractivity contribution in [3.8, 4) is 0 Å². The zero-order chi connectivity index (χ0) is 14.8. The number of aliphatic hydroxyl groups excluding tert-OH is 1. The van der Waals surface area contributed by atoms with Gasteiger partial charge in [-0.2, -0.15) is 0 Å². The first kappa shape index (κ1) is 16.3. The van der Waals surface area contributed by atoms with Gasteiger partial charge in [-0.25, -0.2) is 4.79 Å². The Morgan fingerprint density at radius 2 is 2.10 bits per heavy atom. The van der Waals surface area contributed by atoms with Crippen LogP contribution in [0.3, 0.4) is 0 Å². The predicted octanol–water partition coefficient (Wildman–Crippen LogP) is 2.98. The highest BCUT2D eigenvalue weighted by Gasteiger charge is 2.08. The van der Waals surface area contributed by atoms with Crippen LogP contribution < -0.4 is 10.6 Å². The van der Waals surface area contributed by atoms with Crippen LogP contribution in [0.5, 0.6) is 0 Å². The van der Waals surface area contributed by atoms with Crippen molar-refractivity contribution in [2.75, 3.05) is 18.4 Å². The third-order valence-corrected chi connectivity index (χ3v) is 3.07. The van der Waals surface area contributed by atoms with Gasteiger partial charge in [0.2, 0.25) is 0 Å². The minimum atomic E-state index is -1.07. The number of hydrogen-bond donors (Lipinski definition) is 4. The summed E-state index contributed by atoms with van der Waals surface area (Å²) in [5, 5.41) is 24.1. The summed E-state index contributed by atoms with van der Waals surface area (Å²) >= 11 is 0. The summed E-state index contributed by atoms with van der Waals surface area (Å²) in [5.41, 5.74) is 1.79. The van der Waals surface area contributed by atoms with Gasteiger partial charge in [-0.1, -0.05) is 31.9 Å². The maximum absolute atomic E-state index is 10.3. The van der Waals surface area contributed by atoms with E-state index in [9.17, 15) is 9.90 Å². The molecular formula is C15H24N2O3. The van der Waals surface area contributed by atoms with E-state index in [-0.39, 0.29) is 6.54 Å². The van der Waals surface area contributed by atoms with Crippen LogP contribution in [0.15, 0.2) is 24.3 Å². The predicted molar refractivity (Wildman–Crippen MR) is 80.1 cm³/mol. The summed E-state index contributed by atoms with van der Waals surface area (Å²) in [7, 11) is 0. The highest BCUT2D eigenvalue weighted by Crippen LogP contribution is 2.20. The number of aliphatic hydroxyl groups is 1. The second-order valence-electron chi connectivity index (χ2n) is 4.80. The van der Waals surface area contributed by atoms with E-state index >= 15 is 0 Å². The maximum atomic E-state index is 10.3. The van der Waals surface area contributed by atoms with Gasteiger partial charge in [-0.15, -0.1) is 0 Å². The molecule has 0 aliphatic rings. The number of anilines is 1. The van der Waals surface area contributed by atoms with Gasteiger partial charge in [-0.05, 0) is 30.5 Å². The fraction of sp³-hybridized carbons (Fsp3) is 0.533. The first-order chi connectivity index (χ1) is 9.63. The van der Waals surface area contributed by atoms with E-state index in [2.05, 4.69) is 17.6 Å². The lowest BCUT2D eigenvalue weighted by Crippen LogP contribution is -2.23. The molecule has 0 heterocycles. The van der Waals surface area contributed by atoms with Crippen molar-refractivity contribution in [1.29, 1.82) is 0 Å². The summed E-state index contributed by atoms with van der Waals surface area (Å²) in [6.07, 6.45) is 2.17. The van der Waals surface area contributed by atoms with Crippen LogP contribution in [-0.4, -0.2) is 29.4 Å². The fourth-order valence-corrected chi connectivity index (χ4v) is 1.95. The van der Waals surface area contributed by atoms with E-state index < -0.39 is 12.2 Å². The molecule has 0 fully saturated rings. The normalized spacial score (nSPS) is 11.9. The van der Waals surface area contributed by atoms with Gasteiger partial charge in [-0.3, -0.25) is 0 Å². The van der Waals surface area contributed by atoms with Crippen molar-refractivity contribution in [1.82, 2.24) is 5.32 Å². The van der Waals surface area contributed by atoms with Gasteiger partial charge >= 0.3 is 6.09 Å². The maximum Gasteiger partial charge on any atom is 0.404 e. The van der Waals surface area contributed by atoms with E-state index in [0.717, 1.165) is 24.2 Å². The quantitative estimate of drug-likeness (QED) is 0.524. The molecule has 0 saturated heterocycles. The molecule has 20 heavy (non-hydrogen) atoms. The third-order valence-electron chi connectivity index (χ3n) is 3.07. The Balaban J connectivity index is 2.43. The molecule has 0 saturated carbocycles. The van der Waals surface area contributed by atoms with Crippen LogP contribution in [0.1, 0.15) is 44.3 Å². The number of amides is 1. The van der Waals surface area contributed by atoms with E-state index in [1.807, 2.05) is 24.3 Å². The van der Waals surface area contributed by atoms with Gasteiger partial charge in [0, 0.05) is 18.8 Å². The van der Waals surface area contributed by atoms with Crippen LogP contribution in [0.2, 0.25) is 0 Å². The molecule has 0 aliphatic carbocycles. The van der Waals surface area contributed by atoms with Gasteiger partial charge < -0.3 is 20.8 Å². The Kier molecular flexibility index (Phi) is 7.50. The summed E-state index contributed by atoms with van der Waals surface area (Å²) in [6, 6.07) is 7.63. The van der Waals surface area contributed by atoms with Crippen molar-refractivity contribution in [2.24, 2.45) is 0 Å². The average molecular weight is 280 g/mol. The standard InChI is InChI=1S/C15H24N2O3/c1-2-3-4-9-16-13-7-5-6-12(11-13)14(18)8-10-17-15(19)20/h5-7,11,14,16-18H,2-4,8-10H2,1H3,(H,19,20). The summed E-state index contributed by atoms with van der Waals surface area (Å²) < 4.78 is 0. The Bertz CT molecular complexity index is 410. The monoisotopic (exact) mass is 280 g/mol. The SMILES string of the molecule is CCCCCNc1cccc(C(O)CCNC(=O)O)c1. The zero-order valence-electron chi connectivity index (χ0n) is 11.9. The molecule has 0 bridgehead atoms. The molecule has 0 radical (unpaired) electrons. The van der Waals surface area contributed by atoms with Gasteiger partial charge in [0.25, 0.3) is 0 Å². The average Bonchev–Trinajstić information content (AvgIpc) is 2.43. The fourth-order valence-electron chi connectivity index (χ4n) is 1.95. The lowest BCUT2D eigenvalue weighted by Gasteiger charge is -2.13. The topological polar surface area (TPSA) is 81.6 Å². The zero-order valence-corrected chi connectivity index (χ0v) is 11.9. The molecule has 1 unspecified atom stereocenters. The molecule has 1 aromatic rings. The van der Waals surface area contributed by atoms with Crippen molar-refractivity contribution in [2.45, 2.75) is 38.7 Å².